The van der Waals surface area contributed by atoms with E-state index in [1.807, 2.05) is 25.1 Å². The highest BCUT2D eigenvalue weighted by atomic mass is 16.2. The number of nitrogens with zero attached hydrogens (tertiary/aromatic N) is 3. The zero-order valence-corrected chi connectivity index (χ0v) is 19.6. The molecule has 2 heterocycles. The highest BCUT2D eigenvalue weighted by Crippen LogP contribution is 2.31. The Hall–Kier alpha value is -4.77. The van der Waals surface area contributed by atoms with E-state index in [4.69, 9.17) is 11.0 Å². The standard InChI is InChI=1S/C27H24N6O2/c1-16-7-8-30-14-21(16)18-10-19-12-24(31-15-22(19)23(29)11-18)32-25(34)26(35)33-27(2,3)20-6-4-5-17(9-20)13-28/h4-12,14-15H,29H2,1-3H3,(H,33,35)(H,31,32,34). The lowest BCUT2D eigenvalue weighted by Crippen LogP contribution is -2.46. The summed E-state index contributed by atoms with van der Waals surface area (Å²) in [5, 5.41) is 15.9. The molecule has 0 bridgehead atoms. The van der Waals surface area contributed by atoms with Crippen LogP contribution in [0.5, 0.6) is 0 Å². The van der Waals surface area contributed by atoms with Gasteiger partial charge in [0.1, 0.15) is 5.82 Å². The summed E-state index contributed by atoms with van der Waals surface area (Å²) in [4.78, 5) is 33.7. The molecule has 0 atom stereocenters. The predicted octanol–water partition coefficient (Wildman–Crippen LogP) is 4.05. The van der Waals surface area contributed by atoms with Gasteiger partial charge in [0.05, 0.1) is 17.2 Å². The molecular weight excluding hydrogens is 440 g/mol. The third kappa shape index (κ3) is 4.94. The van der Waals surface area contributed by atoms with Crippen molar-refractivity contribution in [2.75, 3.05) is 11.1 Å². The molecule has 0 spiro atoms. The molecule has 4 N–H and O–H groups in total. The molecule has 35 heavy (non-hydrogen) atoms. The van der Waals surface area contributed by atoms with Crippen molar-refractivity contribution < 1.29 is 9.59 Å². The van der Waals surface area contributed by atoms with Crippen molar-refractivity contribution in [3.63, 3.8) is 0 Å². The van der Waals surface area contributed by atoms with Crippen LogP contribution in [0, 0.1) is 18.3 Å². The smallest absolute Gasteiger partial charge is 0.314 e. The Morgan fingerprint density at radius 1 is 1.06 bits per heavy atom. The second-order valence-electron chi connectivity index (χ2n) is 8.77. The minimum absolute atomic E-state index is 0.224. The maximum Gasteiger partial charge on any atom is 0.314 e. The highest BCUT2D eigenvalue weighted by Gasteiger charge is 2.27. The number of carbonyl (C=O) groups excluding carboxylic acids is 2. The summed E-state index contributed by atoms with van der Waals surface area (Å²) in [5.41, 5.74) is 10.0. The highest BCUT2D eigenvalue weighted by molar-refractivity contribution is 6.39. The van der Waals surface area contributed by atoms with Crippen LogP contribution < -0.4 is 16.4 Å². The molecule has 0 radical (unpaired) electrons. The van der Waals surface area contributed by atoms with E-state index in [1.165, 1.54) is 0 Å². The summed E-state index contributed by atoms with van der Waals surface area (Å²) in [5.74, 6) is -1.45. The molecule has 4 rings (SSSR count). The van der Waals surface area contributed by atoms with Crippen LogP contribution in [-0.2, 0) is 15.1 Å². The van der Waals surface area contributed by atoms with Gasteiger partial charge in [0.15, 0.2) is 0 Å². The molecule has 2 aromatic carbocycles. The minimum atomic E-state index is -0.872. The normalized spacial score (nSPS) is 11.0. The first-order valence-electron chi connectivity index (χ1n) is 10.9. The molecule has 0 aliphatic heterocycles. The second-order valence-corrected chi connectivity index (χ2v) is 8.77. The van der Waals surface area contributed by atoms with Gasteiger partial charge in [-0.1, -0.05) is 12.1 Å². The van der Waals surface area contributed by atoms with Crippen molar-refractivity contribution in [1.82, 2.24) is 15.3 Å². The number of aromatic nitrogens is 2. The number of hydrogen-bond donors (Lipinski definition) is 3. The lowest BCUT2D eigenvalue weighted by Gasteiger charge is -2.26. The topological polar surface area (TPSA) is 134 Å². The van der Waals surface area contributed by atoms with Crippen LogP contribution in [-0.4, -0.2) is 21.8 Å². The molecule has 8 heteroatoms. The number of benzene rings is 2. The largest absolute Gasteiger partial charge is 0.398 e. The van der Waals surface area contributed by atoms with Gasteiger partial charge < -0.3 is 16.4 Å². The number of amides is 2. The van der Waals surface area contributed by atoms with Gasteiger partial charge in [0, 0.05) is 35.2 Å². The van der Waals surface area contributed by atoms with Crippen molar-refractivity contribution in [3.8, 4) is 17.2 Å². The third-order valence-corrected chi connectivity index (χ3v) is 5.81. The van der Waals surface area contributed by atoms with E-state index in [1.54, 1.807) is 62.8 Å². The maximum absolute atomic E-state index is 12.6. The number of pyridine rings is 2. The molecule has 0 aliphatic rings. The van der Waals surface area contributed by atoms with Gasteiger partial charge in [-0.15, -0.1) is 0 Å². The third-order valence-electron chi connectivity index (χ3n) is 5.81. The van der Waals surface area contributed by atoms with Gasteiger partial charge in [-0.2, -0.15) is 5.26 Å². The fraction of sp³-hybridized carbons (Fsp3) is 0.148. The van der Waals surface area contributed by atoms with Crippen LogP contribution in [0.25, 0.3) is 21.9 Å². The molecule has 8 nitrogen and oxygen atoms in total. The van der Waals surface area contributed by atoms with E-state index < -0.39 is 17.4 Å². The molecule has 0 saturated heterocycles. The van der Waals surface area contributed by atoms with Gasteiger partial charge >= 0.3 is 11.8 Å². The molecule has 0 aliphatic carbocycles. The minimum Gasteiger partial charge on any atom is -0.398 e. The lowest BCUT2D eigenvalue weighted by molar-refractivity contribution is -0.137. The van der Waals surface area contributed by atoms with Crippen LogP contribution in [0.1, 0.15) is 30.5 Å². The number of hydrogen-bond acceptors (Lipinski definition) is 6. The Morgan fingerprint density at radius 3 is 2.60 bits per heavy atom. The molecule has 0 unspecified atom stereocenters. The van der Waals surface area contributed by atoms with E-state index in [9.17, 15) is 9.59 Å². The Kier molecular flexibility index (Phi) is 6.17. The van der Waals surface area contributed by atoms with Crippen LogP contribution >= 0.6 is 0 Å². The van der Waals surface area contributed by atoms with Crippen molar-refractivity contribution >= 4 is 34.1 Å². The zero-order valence-electron chi connectivity index (χ0n) is 19.6. The number of nitrogens with two attached hydrogens (primary N) is 1. The Labute approximate surface area is 202 Å². The first-order chi connectivity index (χ1) is 16.7. The Balaban J connectivity index is 1.55. The number of nitrogen functional groups attached to an aromatic ring is 1. The summed E-state index contributed by atoms with van der Waals surface area (Å²) in [6.07, 6.45) is 5.07. The van der Waals surface area contributed by atoms with E-state index in [0.29, 0.717) is 16.8 Å². The molecular formula is C27H24N6O2. The summed E-state index contributed by atoms with van der Waals surface area (Å²) in [7, 11) is 0. The second kappa shape index (κ2) is 9.23. The van der Waals surface area contributed by atoms with Gasteiger partial charge in [0.25, 0.3) is 0 Å². The van der Waals surface area contributed by atoms with Crippen LogP contribution in [0.2, 0.25) is 0 Å². The van der Waals surface area contributed by atoms with Gasteiger partial charge in [-0.3, -0.25) is 14.6 Å². The van der Waals surface area contributed by atoms with Crippen molar-refractivity contribution in [2.45, 2.75) is 26.3 Å². The van der Waals surface area contributed by atoms with Gasteiger partial charge in [-0.05, 0) is 79.2 Å². The average molecular weight is 465 g/mol. The number of aryl methyl sites for hydroxylation is 1. The Bertz CT molecular complexity index is 1500. The van der Waals surface area contributed by atoms with E-state index in [2.05, 4.69) is 26.7 Å². The van der Waals surface area contributed by atoms with E-state index in [0.717, 1.165) is 27.5 Å². The number of nitriles is 1. The number of carbonyl (C=O) groups is 2. The number of anilines is 2. The molecule has 4 aromatic rings. The molecule has 0 fully saturated rings. The summed E-state index contributed by atoms with van der Waals surface area (Å²) >= 11 is 0. The fourth-order valence-corrected chi connectivity index (χ4v) is 3.84. The summed E-state index contributed by atoms with van der Waals surface area (Å²) in [6.45, 7) is 5.51. The van der Waals surface area contributed by atoms with Crippen LogP contribution in [0.15, 0.2) is 67.1 Å². The first-order valence-corrected chi connectivity index (χ1v) is 10.9. The van der Waals surface area contributed by atoms with E-state index in [-0.39, 0.29) is 5.82 Å². The van der Waals surface area contributed by atoms with Gasteiger partial charge in [0.2, 0.25) is 0 Å². The van der Waals surface area contributed by atoms with Crippen molar-refractivity contribution in [2.24, 2.45) is 0 Å². The van der Waals surface area contributed by atoms with Crippen molar-refractivity contribution in [1.29, 1.82) is 5.26 Å². The first kappa shape index (κ1) is 23.4. The summed E-state index contributed by atoms with van der Waals surface area (Å²) < 4.78 is 0. The molecule has 2 aromatic heterocycles. The van der Waals surface area contributed by atoms with E-state index >= 15 is 0 Å². The molecule has 2 amide bonds. The number of nitrogens with one attached hydrogen (secondary N) is 2. The molecule has 0 saturated carbocycles. The monoisotopic (exact) mass is 464 g/mol. The SMILES string of the molecule is Cc1ccncc1-c1cc(N)c2cnc(NC(=O)C(=O)NC(C)(C)c3cccc(C#N)c3)cc2c1. The average Bonchev–Trinajstić information content (AvgIpc) is 2.83. The maximum atomic E-state index is 12.6. The van der Waals surface area contributed by atoms with Crippen molar-refractivity contribution in [3.05, 3.63) is 83.8 Å². The quantitative estimate of drug-likeness (QED) is 0.308. The van der Waals surface area contributed by atoms with Crippen LogP contribution in [0.4, 0.5) is 11.5 Å². The Morgan fingerprint density at radius 2 is 1.86 bits per heavy atom. The summed E-state index contributed by atoms with van der Waals surface area (Å²) in [6, 6.07) is 16.3. The number of rotatable bonds is 4. The predicted molar refractivity (Wildman–Crippen MR) is 135 cm³/mol. The molecule has 174 valence electrons. The zero-order chi connectivity index (χ0) is 25.2. The number of fused-ring (bicyclic) bond motifs is 1. The van der Waals surface area contributed by atoms with Gasteiger partial charge in [-0.25, -0.2) is 4.98 Å². The lowest BCUT2D eigenvalue weighted by atomic mass is 9.93. The fourth-order valence-electron chi connectivity index (χ4n) is 3.84. The van der Waals surface area contributed by atoms with Crippen LogP contribution in [0.3, 0.4) is 0 Å².